The molecule has 0 heterocycles. The van der Waals surface area contributed by atoms with Crippen LogP contribution in [0, 0.1) is 6.92 Å². The van der Waals surface area contributed by atoms with Crippen LogP contribution < -0.4 is 10.6 Å². The molecular formula is C22H17F3N2O2. The average molecular weight is 398 g/mol. The number of anilines is 2. The Kier molecular flexibility index (Phi) is 5.68. The second-order valence-corrected chi connectivity index (χ2v) is 6.40. The summed E-state index contributed by atoms with van der Waals surface area (Å²) in [6.45, 7) is 1.89. The third-order valence-electron chi connectivity index (χ3n) is 4.15. The van der Waals surface area contributed by atoms with E-state index in [1.807, 2.05) is 13.0 Å². The SMILES string of the molecule is Cc1cccc(NC(=O)c2ccccc2NC(=O)c2cccc(C(F)(F)F)c2)c1. The van der Waals surface area contributed by atoms with Gasteiger partial charge in [0.05, 0.1) is 16.8 Å². The monoisotopic (exact) mass is 398 g/mol. The molecule has 0 bridgehead atoms. The summed E-state index contributed by atoms with van der Waals surface area (Å²) in [6.07, 6.45) is -4.55. The minimum atomic E-state index is -4.55. The van der Waals surface area contributed by atoms with Gasteiger partial charge in [0.15, 0.2) is 0 Å². The van der Waals surface area contributed by atoms with Gasteiger partial charge in [0.2, 0.25) is 0 Å². The number of carbonyl (C=O) groups is 2. The van der Waals surface area contributed by atoms with Gasteiger partial charge in [0.25, 0.3) is 11.8 Å². The van der Waals surface area contributed by atoms with E-state index in [0.717, 1.165) is 23.8 Å². The van der Waals surface area contributed by atoms with Crippen molar-refractivity contribution in [3.8, 4) is 0 Å². The van der Waals surface area contributed by atoms with Crippen molar-refractivity contribution in [1.29, 1.82) is 0 Å². The molecule has 7 heteroatoms. The van der Waals surface area contributed by atoms with Crippen molar-refractivity contribution in [3.63, 3.8) is 0 Å². The molecule has 0 fully saturated rings. The highest BCUT2D eigenvalue weighted by atomic mass is 19.4. The largest absolute Gasteiger partial charge is 0.416 e. The number of amides is 2. The van der Waals surface area contributed by atoms with Crippen molar-refractivity contribution < 1.29 is 22.8 Å². The van der Waals surface area contributed by atoms with Gasteiger partial charge in [0, 0.05) is 11.3 Å². The third-order valence-corrected chi connectivity index (χ3v) is 4.15. The number of hydrogen-bond donors (Lipinski definition) is 2. The second kappa shape index (κ2) is 8.18. The van der Waals surface area contributed by atoms with Gasteiger partial charge in [-0.15, -0.1) is 0 Å². The van der Waals surface area contributed by atoms with Crippen LogP contribution in [0.15, 0.2) is 72.8 Å². The number of para-hydroxylation sites is 1. The van der Waals surface area contributed by atoms with Gasteiger partial charge in [-0.05, 0) is 55.0 Å². The van der Waals surface area contributed by atoms with Crippen molar-refractivity contribution >= 4 is 23.2 Å². The number of nitrogens with one attached hydrogen (secondary N) is 2. The van der Waals surface area contributed by atoms with Crippen LogP contribution in [0.1, 0.15) is 31.8 Å². The number of hydrogen-bond acceptors (Lipinski definition) is 2. The van der Waals surface area contributed by atoms with Crippen molar-refractivity contribution in [2.45, 2.75) is 13.1 Å². The molecule has 0 radical (unpaired) electrons. The molecule has 0 aliphatic rings. The van der Waals surface area contributed by atoms with Crippen LogP contribution in [-0.2, 0) is 6.18 Å². The van der Waals surface area contributed by atoms with Gasteiger partial charge in [-0.3, -0.25) is 9.59 Å². The first-order chi connectivity index (χ1) is 13.7. The van der Waals surface area contributed by atoms with Gasteiger partial charge in [-0.25, -0.2) is 0 Å². The Morgan fingerprint density at radius 2 is 1.52 bits per heavy atom. The fourth-order valence-electron chi connectivity index (χ4n) is 2.74. The van der Waals surface area contributed by atoms with Crippen LogP contribution in [-0.4, -0.2) is 11.8 Å². The Hall–Kier alpha value is -3.61. The van der Waals surface area contributed by atoms with Crippen molar-refractivity contribution in [3.05, 3.63) is 95.1 Å². The summed E-state index contributed by atoms with van der Waals surface area (Å²) in [5.41, 5.74) is 0.863. The van der Waals surface area contributed by atoms with E-state index in [1.165, 1.54) is 18.2 Å². The molecule has 2 amide bonds. The van der Waals surface area contributed by atoms with Crippen LogP contribution in [0.5, 0.6) is 0 Å². The molecular weight excluding hydrogens is 381 g/mol. The molecule has 0 saturated carbocycles. The maximum absolute atomic E-state index is 12.9. The molecule has 3 aromatic carbocycles. The van der Waals surface area contributed by atoms with E-state index in [1.54, 1.807) is 30.3 Å². The summed E-state index contributed by atoms with van der Waals surface area (Å²) < 4.78 is 38.6. The Labute approximate surface area is 165 Å². The minimum Gasteiger partial charge on any atom is -0.322 e. The third kappa shape index (κ3) is 5.01. The summed E-state index contributed by atoms with van der Waals surface area (Å²) >= 11 is 0. The first-order valence-corrected chi connectivity index (χ1v) is 8.70. The van der Waals surface area contributed by atoms with Gasteiger partial charge < -0.3 is 10.6 Å². The molecule has 0 spiro atoms. The summed E-state index contributed by atoms with van der Waals surface area (Å²) in [4.78, 5) is 25.1. The molecule has 29 heavy (non-hydrogen) atoms. The van der Waals surface area contributed by atoms with Crippen LogP contribution >= 0.6 is 0 Å². The molecule has 0 aliphatic heterocycles. The summed E-state index contributed by atoms with van der Waals surface area (Å²) in [6, 6.07) is 17.6. The highest BCUT2D eigenvalue weighted by Gasteiger charge is 2.31. The number of alkyl halides is 3. The molecule has 0 aromatic heterocycles. The van der Waals surface area contributed by atoms with Gasteiger partial charge in [-0.1, -0.05) is 30.3 Å². The number of benzene rings is 3. The minimum absolute atomic E-state index is 0.159. The van der Waals surface area contributed by atoms with E-state index in [2.05, 4.69) is 10.6 Å². The maximum atomic E-state index is 12.9. The Bertz CT molecular complexity index is 1060. The van der Waals surface area contributed by atoms with Crippen LogP contribution in [0.3, 0.4) is 0 Å². The highest BCUT2D eigenvalue weighted by Crippen LogP contribution is 2.29. The van der Waals surface area contributed by atoms with Crippen LogP contribution in [0.2, 0.25) is 0 Å². The van der Waals surface area contributed by atoms with Crippen LogP contribution in [0.25, 0.3) is 0 Å². The Morgan fingerprint density at radius 1 is 0.793 bits per heavy atom. The van der Waals surface area contributed by atoms with E-state index in [9.17, 15) is 22.8 Å². The zero-order chi connectivity index (χ0) is 21.0. The zero-order valence-corrected chi connectivity index (χ0v) is 15.4. The predicted molar refractivity (Wildman–Crippen MR) is 105 cm³/mol. The molecule has 4 nitrogen and oxygen atoms in total. The smallest absolute Gasteiger partial charge is 0.322 e. The number of carbonyl (C=O) groups excluding carboxylic acids is 2. The topological polar surface area (TPSA) is 58.2 Å². The van der Waals surface area contributed by atoms with Gasteiger partial charge >= 0.3 is 6.18 Å². The highest BCUT2D eigenvalue weighted by molar-refractivity contribution is 6.12. The molecule has 0 saturated heterocycles. The van der Waals surface area contributed by atoms with Crippen molar-refractivity contribution in [2.75, 3.05) is 10.6 Å². The van der Waals surface area contributed by atoms with E-state index < -0.39 is 23.6 Å². The number of rotatable bonds is 4. The normalized spacial score (nSPS) is 11.0. The van der Waals surface area contributed by atoms with Gasteiger partial charge in [-0.2, -0.15) is 13.2 Å². The lowest BCUT2D eigenvalue weighted by Crippen LogP contribution is -2.18. The lowest BCUT2D eigenvalue weighted by atomic mass is 10.1. The fourth-order valence-corrected chi connectivity index (χ4v) is 2.74. The second-order valence-electron chi connectivity index (χ2n) is 6.40. The van der Waals surface area contributed by atoms with E-state index in [-0.39, 0.29) is 16.8 Å². The molecule has 3 aromatic rings. The quantitative estimate of drug-likeness (QED) is 0.608. The summed E-state index contributed by atoms with van der Waals surface area (Å²) in [7, 11) is 0. The summed E-state index contributed by atoms with van der Waals surface area (Å²) in [5, 5.41) is 5.26. The number of aryl methyl sites for hydroxylation is 1. The molecule has 3 rings (SSSR count). The Balaban J connectivity index is 1.82. The van der Waals surface area contributed by atoms with Crippen LogP contribution in [0.4, 0.5) is 24.5 Å². The molecule has 0 atom stereocenters. The van der Waals surface area contributed by atoms with E-state index in [4.69, 9.17) is 0 Å². The lowest BCUT2D eigenvalue weighted by molar-refractivity contribution is -0.137. The predicted octanol–water partition coefficient (Wildman–Crippen LogP) is 5.52. The van der Waals surface area contributed by atoms with Crippen molar-refractivity contribution in [2.24, 2.45) is 0 Å². The van der Waals surface area contributed by atoms with Crippen molar-refractivity contribution in [1.82, 2.24) is 0 Å². The summed E-state index contributed by atoms with van der Waals surface area (Å²) in [5.74, 6) is -1.19. The lowest BCUT2D eigenvalue weighted by Gasteiger charge is -2.13. The fraction of sp³-hybridized carbons (Fsp3) is 0.0909. The van der Waals surface area contributed by atoms with E-state index >= 15 is 0 Å². The molecule has 0 aliphatic carbocycles. The first kappa shape index (κ1) is 20.1. The molecule has 148 valence electrons. The maximum Gasteiger partial charge on any atom is 0.416 e. The average Bonchev–Trinajstić information content (AvgIpc) is 2.68. The first-order valence-electron chi connectivity index (χ1n) is 8.70. The van der Waals surface area contributed by atoms with E-state index in [0.29, 0.717) is 5.69 Å². The molecule has 2 N–H and O–H groups in total. The zero-order valence-electron chi connectivity index (χ0n) is 15.4. The number of halogens is 3. The Morgan fingerprint density at radius 3 is 2.24 bits per heavy atom. The standard InChI is InChI=1S/C22H17F3N2O2/c1-14-6-4-9-17(12-14)26-21(29)18-10-2-3-11-19(18)27-20(28)15-7-5-8-16(13-15)22(23,24)25/h2-13H,1H3,(H,26,29)(H,27,28). The molecule has 0 unspecified atom stereocenters. The van der Waals surface area contributed by atoms with Gasteiger partial charge in [0.1, 0.15) is 0 Å².